The normalized spacial score (nSPS) is 15.0. The van der Waals surface area contributed by atoms with Crippen molar-refractivity contribution in [1.82, 2.24) is 14.9 Å². The quantitative estimate of drug-likeness (QED) is 0.557. The molecule has 1 aliphatic rings. The minimum Gasteiger partial charge on any atom is -0.301 e. The third-order valence-corrected chi connectivity index (χ3v) is 5.65. The van der Waals surface area contributed by atoms with Crippen molar-refractivity contribution in [3.63, 3.8) is 0 Å². The molecule has 0 radical (unpaired) electrons. The molecular formula is C17H15ClFN5S. The van der Waals surface area contributed by atoms with E-state index in [2.05, 4.69) is 32.4 Å². The van der Waals surface area contributed by atoms with Gasteiger partial charge in [0, 0.05) is 23.5 Å². The van der Waals surface area contributed by atoms with Crippen LogP contribution in [0, 0.1) is 5.82 Å². The molecule has 0 aliphatic carbocycles. The maximum atomic E-state index is 13.8. The molecule has 0 fully saturated rings. The summed E-state index contributed by atoms with van der Waals surface area (Å²) in [5, 5.41) is 5.45. The molecule has 2 aromatic heterocycles. The summed E-state index contributed by atoms with van der Waals surface area (Å²) in [6, 6.07) is 4.54. The molecule has 1 aromatic carbocycles. The highest BCUT2D eigenvalue weighted by atomic mass is 35.5. The molecule has 8 heteroatoms. The van der Waals surface area contributed by atoms with E-state index in [-0.39, 0.29) is 5.56 Å². The first kappa shape index (κ1) is 16.4. The highest BCUT2D eigenvalue weighted by Gasteiger charge is 2.21. The van der Waals surface area contributed by atoms with Gasteiger partial charge in [-0.25, -0.2) is 14.4 Å². The average molecular weight is 376 g/mol. The molecule has 4 rings (SSSR count). The average Bonchev–Trinajstić information content (AvgIpc) is 2.95. The van der Waals surface area contributed by atoms with E-state index >= 15 is 0 Å². The molecule has 3 aromatic rings. The van der Waals surface area contributed by atoms with Crippen LogP contribution in [0.15, 0.2) is 29.6 Å². The Kier molecular flexibility index (Phi) is 4.37. The van der Waals surface area contributed by atoms with Crippen LogP contribution in [-0.2, 0) is 13.0 Å². The van der Waals surface area contributed by atoms with Crippen molar-refractivity contribution < 1.29 is 4.39 Å². The summed E-state index contributed by atoms with van der Waals surface area (Å²) < 4.78 is 13.8. The predicted molar refractivity (Wildman–Crippen MR) is 100 cm³/mol. The van der Waals surface area contributed by atoms with E-state index in [1.54, 1.807) is 23.5 Å². The standard InChI is InChI=1S/C17H15ClFN5S/c1-24-6-5-10-14(8-24)25-17-15(10)16(20-9-21-17)23-22-7-11-12(18)3-2-4-13(11)19/h2-4,7,9H,5-6,8H2,1H3,(H,20,21,23)/b22-7+. The maximum absolute atomic E-state index is 13.8. The molecular weight excluding hydrogens is 361 g/mol. The molecule has 0 unspecified atom stereocenters. The summed E-state index contributed by atoms with van der Waals surface area (Å²) >= 11 is 7.70. The van der Waals surface area contributed by atoms with E-state index < -0.39 is 5.82 Å². The van der Waals surface area contributed by atoms with Crippen LogP contribution in [0.3, 0.4) is 0 Å². The Labute approximate surface area is 153 Å². The Bertz CT molecular complexity index is 951. The monoisotopic (exact) mass is 375 g/mol. The molecule has 25 heavy (non-hydrogen) atoms. The van der Waals surface area contributed by atoms with Gasteiger partial charge in [0.05, 0.1) is 16.6 Å². The van der Waals surface area contributed by atoms with E-state index in [1.807, 2.05) is 0 Å². The number of nitrogens with one attached hydrogen (secondary N) is 1. The molecule has 3 heterocycles. The van der Waals surface area contributed by atoms with Gasteiger partial charge in [0.25, 0.3) is 0 Å². The van der Waals surface area contributed by atoms with Gasteiger partial charge in [0.15, 0.2) is 5.82 Å². The van der Waals surface area contributed by atoms with Crippen LogP contribution in [-0.4, -0.2) is 34.7 Å². The van der Waals surface area contributed by atoms with Gasteiger partial charge in [0.1, 0.15) is 17.0 Å². The van der Waals surface area contributed by atoms with Crippen LogP contribution in [0.25, 0.3) is 10.2 Å². The van der Waals surface area contributed by atoms with E-state index in [1.165, 1.54) is 29.0 Å². The molecule has 5 nitrogen and oxygen atoms in total. The van der Waals surface area contributed by atoms with Gasteiger partial charge in [-0.3, -0.25) is 5.43 Å². The Morgan fingerprint density at radius 3 is 3.12 bits per heavy atom. The number of fused-ring (bicyclic) bond motifs is 3. The third kappa shape index (κ3) is 3.10. The fourth-order valence-corrected chi connectivity index (χ4v) is 4.41. The Morgan fingerprint density at radius 2 is 2.28 bits per heavy atom. The summed E-state index contributed by atoms with van der Waals surface area (Å²) in [7, 11) is 2.11. The zero-order valence-electron chi connectivity index (χ0n) is 13.5. The zero-order valence-corrected chi connectivity index (χ0v) is 15.0. The Morgan fingerprint density at radius 1 is 1.40 bits per heavy atom. The number of hydrazone groups is 1. The van der Waals surface area contributed by atoms with Gasteiger partial charge in [-0.15, -0.1) is 11.3 Å². The molecule has 0 saturated carbocycles. The number of anilines is 1. The number of hydrogen-bond acceptors (Lipinski definition) is 6. The summed E-state index contributed by atoms with van der Waals surface area (Å²) in [4.78, 5) is 13.2. The SMILES string of the molecule is CN1CCc2c(sc3ncnc(N/N=C/c4c(F)cccc4Cl)c23)C1. The fourth-order valence-electron chi connectivity index (χ4n) is 2.93. The molecule has 1 N–H and O–H groups in total. The molecule has 128 valence electrons. The highest BCUT2D eigenvalue weighted by molar-refractivity contribution is 7.18. The van der Waals surface area contributed by atoms with Gasteiger partial charge in [-0.1, -0.05) is 17.7 Å². The number of rotatable bonds is 3. The van der Waals surface area contributed by atoms with E-state index in [4.69, 9.17) is 11.6 Å². The number of thiophene rings is 1. The van der Waals surface area contributed by atoms with Crippen LogP contribution in [0.1, 0.15) is 16.0 Å². The van der Waals surface area contributed by atoms with E-state index in [0.29, 0.717) is 10.8 Å². The first-order chi connectivity index (χ1) is 12.1. The second kappa shape index (κ2) is 6.67. The van der Waals surface area contributed by atoms with Crippen molar-refractivity contribution in [2.24, 2.45) is 5.10 Å². The lowest BCUT2D eigenvalue weighted by atomic mass is 10.1. The van der Waals surface area contributed by atoms with Crippen LogP contribution in [0.5, 0.6) is 0 Å². The molecule has 0 amide bonds. The number of benzene rings is 1. The molecule has 0 saturated heterocycles. The van der Waals surface area contributed by atoms with Gasteiger partial charge in [0.2, 0.25) is 0 Å². The lowest BCUT2D eigenvalue weighted by Gasteiger charge is -2.22. The van der Waals surface area contributed by atoms with Gasteiger partial charge in [-0.05, 0) is 31.2 Å². The Hall–Kier alpha value is -2.09. The number of halogens is 2. The minimum absolute atomic E-state index is 0.246. The van der Waals surface area contributed by atoms with Gasteiger partial charge in [-0.2, -0.15) is 5.10 Å². The smallest absolute Gasteiger partial charge is 0.158 e. The number of hydrogen-bond donors (Lipinski definition) is 1. The molecule has 1 aliphatic heterocycles. The highest BCUT2D eigenvalue weighted by Crippen LogP contribution is 2.36. The van der Waals surface area contributed by atoms with Crippen LogP contribution < -0.4 is 5.43 Å². The fraction of sp³-hybridized carbons (Fsp3) is 0.235. The predicted octanol–water partition coefficient (Wildman–Crippen LogP) is 3.92. The largest absolute Gasteiger partial charge is 0.301 e. The summed E-state index contributed by atoms with van der Waals surface area (Å²) in [6.07, 6.45) is 3.84. The van der Waals surface area contributed by atoms with Crippen LogP contribution in [0.2, 0.25) is 5.02 Å². The molecule has 0 atom stereocenters. The zero-order chi connectivity index (χ0) is 17.4. The number of likely N-dealkylation sites (N-methyl/N-ethyl adjacent to an activating group) is 1. The third-order valence-electron chi connectivity index (χ3n) is 4.19. The number of aromatic nitrogens is 2. The van der Waals surface area contributed by atoms with Gasteiger partial charge < -0.3 is 4.90 Å². The van der Waals surface area contributed by atoms with E-state index in [0.717, 1.165) is 29.7 Å². The van der Waals surface area contributed by atoms with Gasteiger partial charge >= 0.3 is 0 Å². The van der Waals surface area contributed by atoms with Crippen LogP contribution in [0.4, 0.5) is 10.2 Å². The van der Waals surface area contributed by atoms with Crippen molar-refractivity contribution in [2.45, 2.75) is 13.0 Å². The van der Waals surface area contributed by atoms with Crippen molar-refractivity contribution in [2.75, 3.05) is 19.0 Å². The maximum Gasteiger partial charge on any atom is 0.158 e. The lowest BCUT2D eigenvalue weighted by molar-refractivity contribution is 0.318. The first-order valence-electron chi connectivity index (χ1n) is 7.80. The van der Waals surface area contributed by atoms with Crippen molar-refractivity contribution in [3.05, 3.63) is 51.4 Å². The van der Waals surface area contributed by atoms with Crippen molar-refractivity contribution in [3.8, 4) is 0 Å². The van der Waals surface area contributed by atoms with E-state index in [9.17, 15) is 4.39 Å². The summed E-state index contributed by atoms with van der Waals surface area (Å²) in [6.45, 7) is 1.92. The second-order valence-electron chi connectivity index (χ2n) is 5.90. The number of nitrogens with zero attached hydrogens (tertiary/aromatic N) is 4. The van der Waals surface area contributed by atoms with Crippen molar-refractivity contribution in [1.29, 1.82) is 0 Å². The van der Waals surface area contributed by atoms with Crippen LogP contribution >= 0.6 is 22.9 Å². The molecule has 0 spiro atoms. The first-order valence-corrected chi connectivity index (χ1v) is 9.00. The van der Waals surface area contributed by atoms with Crippen molar-refractivity contribution >= 4 is 45.2 Å². The summed E-state index contributed by atoms with van der Waals surface area (Å²) in [5.74, 6) is 0.220. The second-order valence-corrected chi connectivity index (χ2v) is 7.39. The lowest BCUT2D eigenvalue weighted by Crippen LogP contribution is -2.25. The minimum atomic E-state index is -0.415. The Balaban J connectivity index is 1.67. The summed E-state index contributed by atoms with van der Waals surface area (Å²) in [5.41, 5.74) is 4.45. The topological polar surface area (TPSA) is 53.4 Å². The molecule has 0 bridgehead atoms.